The molecule has 1 unspecified atom stereocenters. The molecule has 1 aliphatic heterocycles. The zero-order valence-corrected chi connectivity index (χ0v) is 13.3. The van der Waals surface area contributed by atoms with Gasteiger partial charge in [0.1, 0.15) is 11.4 Å². The number of hydrogen-bond donors (Lipinski definition) is 1. The standard InChI is InChI=1S/C19H20FNO3/c20-17-8-4-7-16(11-17)18(23)21-9-10-24-19(13-21,14-22)12-15-5-2-1-3-6-15/h1-8,11,22H,9-10,12-14H2. The number of hydrogen-bond acceptors (Lipinski definition) is 3. The largest absolute Gasteiger partial charge is 0.393 e. The normalized spacial score (nSPS) is 20.8. The lowest BCUT2D eigenvalue weighted by Crippen LogP contribution is -2.56. The van der Waals surface area contributed by atoms with E-state index in [0.717, 1.165) is 5.56 Å². The fourth-order valence-electron chi connectivity index (χ4n) is 3.05. The van der Waals surface area contributed by atoms with Crippen molar-refractivity contribution in [2.45, 2.75) is 12.0 Å². The first-order valence-corrected chi connectivity index (χ1v) is 7.95. The molecule has 0 bridgehead atoms. The third-order valence-corrected chi connectivity index (χ3v) is 4.26. The first-order chi connectivity index (χ1) is 11.6. The van der Waals surface area contributed by atoms with Crippen LogP contribution in [0.3, 0.4) is 0 Å². The Labute approximate surface area is 140 Å². The van der Waals surface area contributed by atoms with E-state index in [1.165, 1.54) is 18.2 Å². The minimum Gasteiger partial charge on any atom is -0.393 e. The molecule has 0 saturated carbocycles. The van der Waals surface area contributed by atoms with Crippen LogP contribution in [-0.4, -0.2) is 47.8 Å². The first-order valence-electron chi connectivity index (χ1n) is 7.95. The first kappa shape index (κ1) is 16.6. The summed E-state index contributed by atoms with van der Waals surface area (Å²) in [6.07, 6.45) is 0.511. The number of aliphatic hydroxyl groups is 1. The summed E-state index contributed by atoms with van der Waals surface area (Å²) >= 11 is 0. The predicted octanol–water partition coefficient (Wildman–Crippen LogP) is 2.27. The second-order valence-electron chi connectivity index (χ2n) is 6.09. The van der Waals surface area contributed by atoms with E-state index in [1.807, 2.05) is 30.3 Å². The lowest BCUT2D eigenvalue weighted by atomic mass is 9.93. The number of rotatable bonds is 4. The molecule has 1 aliphatic rings. The fourth-order valence-corrected chi connectivity index (χ4v) is 3.05. The number of benzene rings is 2. The van der Waals surface area contributed by atoms with Gasteiger partial charge in [-0.05, 0) is 23.8 Å². The Morgan fingerprint density at radius 1 is 1.21 bits per heavy atom. The van der Waals surface area contributed by atoms with Gasteiger partial charge in [0.05, 0.1) is 19.8 Å². The smallest absolute Gasteiger partial charge is 0.254 e. The quantitative estimate of drug-likeness (QED) is 0.936. The third kappa shape index (κ3) is 3.63. The van der Waals surface area contributed by atoms with Crippen molar-refractivity contribution in [1.29, 1.82) is 0 Å². The Morgan fingerprint density at radius 3 is 2.71 bits per heavy atom. The van der Waals surface area contributed by atoms with Crippen LogP contribution in [0.15, 0.2) is 54.6 Å². The van der Waals surface area contributed by atoms with Crippen LogP contribution < -0.4 is 0 Å². The van der Waals surface area contributed by atoms with Crippen molar-refractivity contribution < 1.29 is 19.0 Å². The number of carbonyl (C=O) groups is 1. The number of aliphatic hydroxyl groups excluding tert-OH is 1. The fraction of sp³-hybridized carbons (Fsp3) is 0.316. The number of morpholine rings is 1. The van der Waals surface area contributed by atoms with Crippen LogP contribution in [-0.2, 0) is 11.2 Å². The molecular weight excluding hydrogens is 309 g/mol. The van der Waals surface area contributed by atoms with Crippen LogP contribution in [0.25, 0.3) is 0 Å². The van der Waals surface area contributed by atoms with Crippen molar-refractivity contribution in [3.8, 4) is 0 Å². The van der Waals surface area contributed by atoms with Crippen LogP contribution in [0.5, 0.6) is 0 Å². The summed E-state index contributed by atoms with van der Waals surface area (Å²) in [6, 6.07) is 15.4. The zero-order chi connectivity index (χ0) is 17.0. The molecule has 2 aromatic carbocycles. The molecule has 0 radical (unpaired) electrons. The maximum absolute atomic E-state index is 13.4. The van der Waals surface area contributed by atoms with E-state index in [9.17, 15) is 14.3 Å². The van der Waals surface area contributed by atoms with Gasteiger partial charge in [0, 0.05) is 18.5 Å². The average molecular weight is 329 g/mol. The molecule has 1 fully saturated rings. The molecule has 0 spiro atoms. The summed E-state index contributed by atoms with van der Waals surface area (Å²) in [5, 5.41) is 9.89. The lowest BCUT2D eigenvalue weighted by molar-refractivity contribution is -0.123. The SMILES string of the molecule is O=C(c1cccc(F)c1)N1CCOC(CO)(Cc2ccccc2)C1. The molecular formula is C19H20FNO3. The Hall–Kier alpha value is -2.24. The van der Waals surface area contributed by atoms with Gasteiger partial charge in [0.2, 0.25) is 0 Å². The van der Waals surface area contributed by atoms with Crippen molar-refractivity contribution >= 4 is 5.91 Å². The van der Waals surface area contributed by atoms with E-state index in [2.05, 4.69) is 0 Å². The Kier molecular flexibility index (Phi) is 4.92. The number of amides is 1. The van der Waals surface area contributed by atoms with Crippen LogP contribution in [0.1, 0.15) is 15.9 Å². The monoisotopic (exact) mass is 329 g/mol. The minimum atomic E-state index is -0.831. The van der Waals surface area contributed by atoms with E-state index in [0.29, 0.717) is 25.1 Å². The molecule has 0 aliphatic carbocycles. The third-order valence-electron chi connectivity index (χ3n) is 4.26. The van der Waals surface area contributed by atoms with E-state index in [4.69, 9.17) is 4.74 Å². The summed E-state index contributed by atoms with van der Waals surface area (Å²) in [7, 11) is 0. The molecule has 2 aromatic rings. The van der Waals surface area contributed by atoms with E-state index < -0.39 is 11.4 Å². The van der Waals surface area contributed by atoms with Gasteiger partial charge in [-0.3, -0.25) is 4.79 Å². The zero-order valence-electron chi connectivity index (χ0n) is 13.3. The van der Waals surface area contributed by atoms with Gasteiger partial charge in [0.15, 0.2) is 0 Å². The topological polar surface area (TPSA) is 49.8 Å². The van der Waals surface area contributed by atoms with Crippen molar-refractivity contribution in [2.24, 2.45) is 0 Å². The molecule has 5 heteroatoms. The number of halogens is 1. The predicted molar refractivity (Wildman–Crippen MR) is 88.2 cm³/mol. The number of nitrogens with zero attached hydrogens (tertiary/aromatic N) is 1. The highest BCUT2D eigenvalue weighted by atomic mass is 19.1. The number of ether oxygens (including phenoxy) is 1. The molecule has 24 heavy (non-hydrogen) atoms. The maximum Gasteiger partial charge on any atom is 0.254 e. The van der Waals surface area contributed by atoms with E-state index in [-0.39, 0.29) is 19.1 Å². The van der Waals surface area contributed by atoms with Gasteiger partial charge in [-0.25, -0.2) is 4.39 Å². The van der Waals surface area contributed by atoms with Crippen LogP contribution >= 0.6 is 0 Å². The van der Waals surface area contributed by atoms with Crippen LogP contribution in [0, 0.1) is 5.82 Å². The second-order valence-corrected chi connectivity index (χ2v) is 6.09. The molecule has 1 N–H and O–H groups in total. The van der Waals surface area contributed by atoms with Crippen molar-refractivity contribution in [1.82, 2.24) is 4.90 Å². The Bertz CT molecular complexity index is 707. The van der Waals surface area contributed by atoms with Crippen LogP contribution in [0.2, 0.25) is 0 Å². The van der Waals surface area contributed by atoms with Gasteiger partial charge in [-0.1, -0.05) is 36.4 Å². The second kappa shape index (κ2) is 7.11. The van der Waals surface area contributed by atoms with Gasteiger partial charge >= 0.3 is 0 Å². The van der Waals surface area contributed by atoms with E-state index >= 15 is 0 Å². The highest BCUT2D eigenvalue weighted by Gasteiger charge is 2.38. The van der Waals surface area contributed by atoms with Gasteiger partial charge in [-0.2, -0.15) is 0 Å². The minimum absolute atomic E-state index is 0.186. The Morgan fingerprint density at radius 2 is 2.00 bits per heavy atom. The van der Waals surface area contributed by atoms with Gasteiger partial charge in [0.25, 0.3) is 5.91 Å². The summed E-state index contributed by atoms with van der Waals surface area (Å²) in [6.45, 7) is 0.850. The summed E-state index contributed by atoms with van der Waals surface area (Å²) in [4.78, 5) is 14.3. The molecule has 4 nitrogen and oxygen atoms in total. The number of carbonyl (C=O) groups excluding carboxylic acids is 1. The molecule has 1 atom stereocenters. The highest BCUT2D eigenvalue weighted by molar-refractivity contribution is 5.94. The molecule has 126 valence electrons. The highest BCUT2D eigenvalue weighted by Crippen LogP contribution is 2.24. The maximum atomic E-state index is 13.4. The summed E-state index contributed by atoms with van der Waals surface area (Å²) < 4.78 is 19.2. The summed E-state index contributed by atoms with van der Waals surface area (Å²) in [5.74, 6) is -0.685. The molecule has 1 heterocycles. The van der Waals surface area contributed by atoms with Crippen molar-refractivity contribution in [3.05, 3.63) is 71.5 Å². The van der Waals surface area contributed by atoms with E-state index in [1.54, 1.807) is 11.0 Å². The molecule has 3 rings (SSSR count). The summed E-state index contributed by atoms with van der Waals surface area (Å²) in [5.41, 5.74) is 0.512. The Balaban J connectivity index is 1.78. The molecule has 1 amide bonds. The van der Waals surface area contributed by atoms with Crippen LogP contribution in [0.4, 0.5) is 4.39 Å². The molecule has 1 saturated heterocycles. The lowest BCUT2D eigenvalue weighted by Gasteiger charge is -2.42. The van der Waals surface area contributed by atoms with Gasteiger partial charge in [-0.15, -0.1) is 0 Å². The van der Waals surface area contributed by atoms with Crippen molar-refractivity contribution in [2.75, 3.05) is 26.3 Å². The van der Waals surface area contributed by atoms with Gasteiger partial charge < -0.3 is 14.7 Å². The van der Waals surface area contributed by atoms with Crippen molar-refractivity contribution in [3.63, 3.8) is 0 Å². The average Bonchev–Trinajstić information content (AvgIpc) is 2.62. The molecule has 0 aromatic heterocycles.